The zero-order chi connectivity index (χ0) is 12.5. The highest BCUT2D eigenvalue weighted by Crippen LogP contribution is 2.27. The first-order chi connectivity index (χ1) is 7.27. The van der Waals surface area contributed by atoms with Gasteiger partial charge in [0.05, 0.1) is 4.90 Å². The van der Waals surface area contributed by atoms with Crippen LogP contribution in [-0.4, -0.2) is 13.0 Å². The summed E-state index contributed by atoms with van der Waals surface area (Å²) in [4.78, 5) is 0.0112. The highest BCUT2D eigenvalue weighted by atomic mass is 32.2. The van der Waals surface area contributed by atoms with Gasteiger partial charge in [0.15, 0.2) is 0 Å². The van der Waals surface area contributed by atoms with Gasteiger partial charge in [0.1, 0.15) is 0 Å². The van der Waals surface area contributed by atoms with Crippen LogP contribution in [-0.2, 0) is 10.1 Å². The first kappa shape index (κ1) is 13.2. The molecule has 0 aliphatic rings. The average Bonchev–Trinajstić information content (AvgIpc) is 2.18. The molecule has 0 aromatic heterocycles. The summed E-state index contributed by atoms with van der Waals surface area (Å²) >= 11 is 0. The summed E-state index contributed by atoms with van der Waals surface area (Å²) in [5.74, 6) is 0.397. The van der Waals surface area contributed by atoms with Gasteiger partial charge in [0.25, 0.3) is 10.1 Å². The lowest BCUT2D eigenvalue weighted by Gasteiger charge is -2.15. The number of rotatable bonds is 3. The van der Waals surface area contributed by atoms with E-state index in [-0.39, 0.29) is 4.90 Å². The van der Waals surface area contributed by atoms with Crippen molar-refractivity contribution >= 4 is 10.1 Å². The summed E-state index contributed by atoms with van der Waals surface area (Å²) in [7, 11) is -4.11. The molecule has 90 valence electrons. The van der Waals surface area contributed by atoms with Gasteiger partial charge in [-0.15, -0.1) is 0 Å². The molecule has 1 aromatic rings. The van der Waals surface area contributed by atoms with E-state index in [0.717, 1.165) is 17.5 Å². The normalized spacial score (nSPS) is 13.8. The lowest BCUT2D eigenvalue weighted by Crippen LogP contribution is -2.04. The predicted octanol–water partition coefficient (Wildman–Crippen LogP) is 3.06. The van der Waals surface area contributed by atoms with Crippen LogP contribution in [0.25, 0.3) is 0 Å². The second-order valence-corrected chi connectivity index (χ2v) is 5.65. The standard InChI is InChI=1S/C12H18O3S/c1-5-8(2)11-6-10(4)12(7-9(11)3)16(13,14)15/h6-8H,5H2,1-4H3,(H,13,14,15). The van der Waals surface area contributed by atoms with E-state index in [1.165, 1.54) is 0 Å². The van der Waals surface area contributed by atoms with Crippen LogP contribution >= 0.6 is 0 Å². The Morgan fingerprint density at radius 2 is 1.81 bits per heavy atom. The predicted molar refractivity (Wildman–Crippen MR) is 64.4 cm³/mol. The first-order valence-corrected chi connectivity index (χ1v) is 6.80. The molecule has 1 aromatic carbocycles. The fraction of sp³-hybridized carbons (Fsp3) is 0.500. The Morgan fingerprint density at radius 3 is 2.25 bits per heavy atom. The number of benzene rings is 1. The number of aryl methyl sites for hydroxylation is 2. The van der Waals surface area contributed by atoms with Crippen LogP contribution in [0.3, 0.4) is 0 Å². The molecule has 1 rings (SSSR count). The zero-order valence-electron chi connectivity index (χ0n) is 10.1. The van der Waals surface area contributed by atoms with Crippen LogP contribution in [0, 0.1) is 13.8 Å². The second-order valence-electron chi connectivity index (χ2n) is 4.26. The molecular weight excluding hydrogens is 224 g/mol. The third-order valence-electron chi connectivity index (χ3n) is 2.98. The van der Waals surface area contributed by atoms with E-state index in [4.69, 9.17) is 4.55 Å². The van der Waals surface area contributed by atoms with Crippen molar-refractivity contribution in [1.29, 1.82) is 0 Å². The van der Waals surface area contributed by atoms with Crippen LogP contribution < -0.4 is 0 Å². The van der Waals surface area contributed by atoms with Gasteiger partial charge < -0.3 is 0 Å². The van der Waals surface area contributed by atoms with E-state index in [2.05, 4.69) is 13.8 Å². The van der Waals surface area contributed by atoms with E-state index >= 15 is 0 Å². The Hall–Kier alpha value is -0.870. The van der Waals surface area contributed by atoms with Gasteiger partial charge in [-0.3, -0.25) is 4.55 Å². The monoisotopic (exact) mass is 242 g/mol. The van der Waals surface area contributed by atoms with Crippen molar-refractivity contribution in [3.63, 3.8) is 0 Å². The van der Waals surface area contributed by atoms with Gasteiger partial charge in [0, 0.05) is 0 Å². The molecular formula is C12H18O3S. The Labute approximate surface area is 97.2 Å². The molecule has 1 unspecified atom stereocenters. The minimum atomic E-state index is -4.11. The van der Waals surface area contributed by atoms with Crippen molar-refractivity contribution < 1.29 is 13.0 Å². The summed E-state index contributed by atoms with van der Waals surface area (Å²) in [6.45, 7) is 7.77. The Kier molecular flexibility index (Phi) is 3.76. The van der Waals surface area contributed by atoms with E-state index in [1.807, 2.05) is 13.0 Å². The maximum absolute atomic E-state index is 11.1. The van der Waals surface area contributed by atoms with Crippen LogP contribution in [0.2, 0.25) is 0 Å². The summed E-state index contributed by atoms with van der Waals surface area (Å²) < 4.78 is 31.3. The quantitative estimate of drug-likeness (QED) is 0.829. The minimum Gasteiger partial charge on any atom is -0.282 e. The molecule has 0 heterocycles. The summed E-state index contributed by atoms with van der Waals surface area (Å²) in [5, 5.41) is 0. The molecule has 1 N–H and O–H groups in total. The Bertz CT molecular complexity index is 489. The summed E-state index contributed by atoms with van der Waals surface area (Å²) in [6, 6.07) is 3.40. The van der Waals surface area contributed by atoms with Gasteiger partial charge in [-0.25, -0.2) is 0 Å². The van der Waals surface area contributed by atoms with Crippen molar-refractivity contribution in [2.75, 3.05) is 0 Å². The summed E-state index contributed by atoms with van der Waals surface area (Å²) in [5.41, 5.74) is 2.66. The third kappa shape index (κ3) is 2.62. The molecule has 1 atom stereocenters. The van der Waals surface area contributed by atoms with E-state index in [0.29, 0.717) is 11.5 Å². The fourth-order valence-electron chi connectivity index (χ4n) is 1.84. The topological polar surface area (TPSA) is 54.4 Å². The van der Waals surface area contributed by atoms with E-state index in [1.54, 1.807) is 13.0 Å². The molecule has 0 fully saturated rings. The SMILES string of the molecule is CCC(C)c1cc(C)c(S(=O)(=O)O)cc1C. The second kappa shape index (κ2) is 4.55. The molecule has 4 heteroatoms. The van der Waals surface area contributed by atoms with Crippen molar-refractivity contribution in [2.45, 2.75) is 44.9 Å². The number of hydrogen-bond acceptors (Lipinski definition) is 2. The van der Waals surface area contributed by atoms with Gasteiger partial charge in [-0.05, 0) is 48.9 Å². The maximum atomic E-state index is 11.1. The van der Waals surface area contributed by atoms with Crippen molar-refractivity contribution in [3.8, 4) is 0 Å². The highest BCUT2D eigenvalue weighted by Gasteiger charge is 2.16. The molecule has 16 heavy (non-hydrogen) atoms. The van der Waals surface area contributed by atoms with Gasteiger partial charge in [-0.1, -0.05) is 19.9 Å². The van der Waals surface area contributed by atoms with E-state index < -0.39 is 10.1 Å². The van der Waals surface area contributed by atoms with Gasteiger partial charge in [-0.2, -0.15) is 8.42 Å². The molecule has 0 spiro atoms. The van der Waals surface area contributed by atoms with Crippen molar-refractivity contribution in [1.82, 2.24) is 0 Å². The molecule has 0 aliphatic carbocycles. The Balaban J connectivity index is 3.39. The van der Waals surface area contributed by atoms with Gasteiger partial charge in [0.2, 0.25) is 0 Å². The average molecular weight is 242 g/mol. The molecule has 0 saturated carbocycles. The highest BCUT2D eigenvalue weighted by molar-refractivity contribution is 7.85. The zero-order valence-corrected chi connectivity index (χ0v) is 10.9. The van der Waals surface area contributed by atoms with Crippen molar-refractivity contribution in [2.24, 2.45) is 0 Å². The largest absolute Gasteiger partial charge is 0.294 e. The van der Waals surface area contributed by atoms with Crippen LogP contribution in [0.1, 0.15) is 42.9 Å². The fourth-order valence-corrected chi connectivity index (χ4v) is 2.63. The summed E-state index contributed by atoms with van der Waals surface area (Å²) in [6.07, 6.45) is 1.01. The first-order valence-electron chi connectivity index (χ1n) is 5.36. The molecule has 0 amide bonds. The third-order valence-corrected chi connectivity index (χ3v) is 3.98. The molecule has 0 aliphatic heterocycles. The van der Waals surface area contributed by atoms with Crippen molar-refractivity contribution in [3.05, 3.63) is 28.8 Å². The lowest BCUT2D eigenvalue weighted by molar-refractivity contribution is 0.482. The van der Waals surface area contributed by atoms with Gasteiger partial charge >= 0.3 is 0 Å². The van der Waals surface area contributed by atoms with E-state index in [9.17, 15) is 8.42 Å². The molecule has 0 radical (unpaired) electrons. The smallest absolute Gasteiger partial charge is 0.282 e. The number of hydrogen-bond donors (Lipinski definition) is 1. The van der Waals surface area contributed by atoms with Crippen LogP contribution in [0.15, 0.2) is 17.0 Å². The molecule has 0 saturated heterocycles. The lowest BCUT2D eigenvalue weighted by atomic mass is 9.93. The van der Waals surface area contributed by atoms with Crippen LogP contribution in [0.5, 0.6) is 0 Å². The van der Waals surface area contributed by atoms with Crippen LogP contribution in [0.4, 0.5) is 0 Å². The Morgan fingerprint density at radius 1 is 1.25 bits per heavy atom. The maximum Gasteiger partial charge on any atom is 0.294 e. The minimum absolute atomic E-state index is 0.0112. The molecule has 0 bridgehead atoms. The molecule has 3 nitrogen and oxygen atoms in total.